The van der Waals surface area contributed by atoms with Crippen molar-refractivity contribution in [1.29, 1.82) is 0 Å². The second-order valence-corrected chi connectivity index (χ2v) is 4.78. The summed E-state index contributed by atoms with van der Waals surface area (Å²) in [6, 6.07) is 18.8. The van der Waals surface area contributed by atoms with Crippen LogP contribution in [0.25, 0.3) is 6.08 Å². The predicted octanol–water partition coefficient (Wildman–Crippen LogP) is 3.58. The van der Waals surface area contributed by atoms with E-state index in [4.69, 9.17) is 0 Å². The molecule has 0 amide bonds. The van der Waals surface area contributed by atoms with Gasteiger partial charge in [-0.05, 0) is 5.56 Å². The topological polar surface area (TPSA) is 37.3 Å². The predicted molar refractivity (Wildman–Crippen MR) is 81.4 cm³/mol. The van der Waals surface area contributed by atoms with Gasteiger partial charge < -0.3 is 5.11 Å². The van der Waals surface area contributed by atoms with Crippen molar-refractivity contribution in [2.75, 3.05) is 0 Å². The third kappa shape index (κ3) is 3.65. The number of aliphatic hydroxyl groups is 1. The molecule has 0 spiro atoms. The highest BCUT2D eigenvalue weighted by atomic mass is 16.3. The van der Waals surface area contributed by atoms with Crippen molar-refractivity contribution >= 4 is 11.9 Å². The van der Waals surface area contributed by atoms with Gasteiger partial charge in [0.25, 0.3) is 0 Å². The third-order valence-corrected chi connectivity index (χ3v) is 3.27. The van der Waals surface area contributed by atoms with Crippen molar-refractivity contribution in [2.24, 2.45) is 5.92 Å². The van der Waals surface area contributed by atoms with Crippen LogP contribution in [-0.2, 0) is 0 Å². The summed E-state index contributed by atoms with van der Waals surface area (Å²) in [6.45, 7) is 1.75. The molecule has 2 atom stereocenters. The van der Waals surface area contributed by atoms with Crippen LogP contribution in [-0.4, -0.2) is 17.0 Å². The Labute approximate surface area is 119 Å². The van der Waals surface area contributed by atoms with Gasteiger partial charge in [-0.15, -0.1) is 0 Å². The summed E-state index contributed by atoms with van der Waals surface area (Å²) in [5.41, 5.74) is 1.64. The molecule has 0 fully saturated rings. The minimum absolute atomic E-state index is 0.0455. The molecule has 2 heteroatoms. The molecule has 20 heavy (non-hydrogen) atoms. The van der Waals surface area contributed by atoms with Crippen LogP contribution in [0, 0.1) is 5.92 Å². The molecule has 1 N–H and O–H groups in total. The van der Waals surface area contributed by atoms with Gasteiger partial charge in [-0.1, -0.05) is 79.7 Å². The van der Waals surface area contributed by atoms with Gasteiger partial charge in [0, 0.05) is 11.5 Å². The van der Waals surface area contributed by atoms with Crippen molar-refractivity contribution < 1.29 is 9.90 Å². The second-order valence-electron chi connectivity index (χ2n) is 4.78. The van der Waals surface area contributed by atoms with Gasteiger partial charge in [-0.25, -0.2) is 0 Å². The van der Waals surface area contributed by atoms with E-state index in [1.165, 1.54) is 0 Å². The number of aliphatic hydroxyl groups excluding tert-OH is 1. The van der Waals surface area contributed by atoms with Gasteiger partial charge in [0.2, 0.25) is 0 Å². The van der Waals surface area contributed by atoms with Gasteiger partial charge in [0.15, 0.2) is 5.78 Å². The molecule has 2 aromatic carbocycles. The Hall–Kier alpha value is -2.19. The lowest BCUT2D eigenvalue weighted by atomic mass is 9.94. The first-order valence-corrected chi connectivity index (χ1v) is 6.69. The van der Waals surface area contributed by atoms with Crippen LogP contribution in [0.15, 0.2) is 66.7 Å². The van der Waals surface area contributed by atoms with Crippen LogP contribution in [0.2, 0.25) is 0 Å². The fourth-order valence-electron chi connectivity index (χ4n) is 1.96. The molecule has 0 aliphatic heterocycles. The van der Waals surface area contributed by atoms with E-state index in [0.29, 0.717) is 5.56 Å². The number of benzene rings is 2. The Balaban J connectivity index is 2.04. The lowest BCUT2D eigenvalue weighted by Crippen LogP contribution is -2.23. The SMILES string of the molecule is C[C@H](C(=O)c1ccccc1)[C@@H](O)/C=C/c1ccccc1. The number of ketones is 1. The molecular formula is C18H18O2. The van der Waals surface area contributed by atoms with E-state index < -0.39 is 12.0 Å². The first-order valence-electron chi connectivity index (χ1n) is 6.69. The highest BCUT2D eigenvalue weighted by Crippen LogP contribution is 2.14. The van der Waals surface area contributed by atoms with Crippen LogP contribution in [0.4, 0.5) is 0 Å². The van der Waals surface area contributed by atoms with Crippen molar-refractivity contribution in [3.63, 3.8) is 0 Å². The largest absolute Gasteiger partial charge is 0.388 e. The zero-order chi connectivity index (χ0) is 14.4. The highest BCUT2D eigenvalue weighted by molar-refractivity contribution is 5.98. The maximum absolute atomic E-state index is 12.2. The smallest absolute Gasteiger partial charge is 0.168 e. The first-order chi connectivity index (χ1) is 9.68. The van der Waals surface area contributed by atoms with Crippen molar-refractivity contribution in [3.05, 3.63) is 77.9 Å². The van der Waals surface area contributed by atoms with Crippen molar-refractivity contribution in [2.45, 2.75) is 13.0 Å². The molecule has 2 nitrogen and oxygen atoms in total. The fraction of sp³-hybridized carbons (Fsp3) is 0.167. The summed E-state index contributed by atoms with van der Waals surface area (Å²) < 4.78 is 0. The van der Waals surface area contributed by atoms with Crippen molar-refractivity contribution in [1.82, 2.24) is 0 Å². The van der Waals surface area contributed by atoms with Crippen molar-refractivity contribution in [3.8, 4) is 0 Å². The fourth-order valence-corrected chi connectivity index (χ4v) is 1.96. The number of hydrogen-bond donors (Lipinski definition) is 1. The van der Waals surface area contributed by atoms with E-state index in [-0.39, 0.29) is 5.78 Å². The van der Waals surface area contributed by atoms with E-state index in [1.54, 1.807) is 25.1 Å². The summed E-state index contributed by atoms with van der Waals surface area (Å²) in [6.07, 6.45) is 2.71. The molecule has 102 valence electrons. The Morgan fingerprint density at radius 3 is 2.15 bits per heavy atom. The summed E-state index contributed by atoms with van der Waals surface area (Å²) in [5, 5.41) is 10.1. The molecule has 2 aromatic rings. The number of Topliss-reactive ketones (excluding diaryl/α,β-unsaturated/α-hetero) is 1. The Kier molecular flexibility index (Phi) is 4.85. The summed E-state index contributed by atoms with van der Waals surface area (Å²) in [4.78, 5) is 12.2. The zero-order valence-electron chi connectivity index (χ0n) is 11.4. The molecule has 0 heterocycles. The molecule has 0 bridgehead atoms. The number of hydrogen-bond acceptors (Lipinski definition) is 2. The minimum atomic E-state index is -0.789. The quantitative estimate of drug-likeness (QED) is 0.840. The maximum atomic E-state index is 12.2. The number of rotatable bonds is 5. The number of carbonyl (C=O) groups excluding carboxylic acids is 1. The Morgan fingerprint density at radius 2 is 1.55 bits per heavy atom. The van der Waals surface area contributed by atoms with Crippen LogP contribution in [0.5, 0.6) is 0 Å². The van der Waals surface area contributed by atoms with Gasteiger partial charge in [-0.2, -0.15) is 0 Å². The van der Waals surface area contributed by atoms with Crippen LogP contribution >= 0.6 is 0 Å². The molecule has 2 rings (SSSR count). The summed E-state index contributed by atoms with van der Waals surface area (Å²) in [5.74, 6) is -0.506. The monoisotopic (exact) mass is 266 g/mol. The summed E-state index contributed by atoms with van der Waals surface area (Å²) >= 11 is 0. The van der Waals surface area contributed by atoms with Crippen LogP contribution < -0.4 is 0 Å². The third-order valence-electron chi connectivity index (χ3n) is 3.27. The minimum Gasteiger partial charge on any atom is -0.388 e. The maximum Gasteiger partial charge on any atom is 0.168 e. The normalized spacial score (nSPS) is 14.1. The van der Waals surface area contributed by atoms with E-state index in [0.717, 1.165) is 5.56 Å². The molecule has 0 saturated carbocycles. The molecule has 0 aromatic heterocycles. The van der Waals surface area contributed by atoms with Crippen LogP contribution in [0.3, 0.4) is 0 Å². The molecule has 0 radical (unpaired) electrons. The molecule has 0 saturated heterocycles. The van der Waals surface area contributed by atoms with Gasteiger partial charge in [-0.3, -0.25) is 4.79 Å². The average molecular weight is 266 g/mol. The van der Waals surface area contributed by atoms with E-state index in [1.807, 2.05) is 54.6 Å². The van der Waals surface area contributed by atoms with Gasteiger partial charge in [0.05, 0.1) is 6.10 Å². The lowest BCUT2D eigenvalue weighted by Gasteiger charge is -2.14. The average Bonchev–Trinajstić information content (AvgIpc) is 2.53. The van der Waals surface area contributed by atoms with Crippen LogP contribution in [0.1, 0.15) is 22.8 Å². The molecule has 0 aliphatic rings. The second kappa shape index (κ2) is 6.83. The highest BCUT2D eigenvalue weighted by Gasteiger charge is 2.20. The standard InChI is InChI=1S/C18H18O2/c1-14(18(20)16-10-6-3-7-11-16)17(19)13-12-15-8-4-2-5-9-15/h2-14,17,19H,1H3/b13-12+/t14-,17-/m0/s1. The first kappa shape index (κ1) is 14.2. The molecule has 0 aliphatic carbocycles. The Morgan fingerprint density at radius 1 is 1.00 bits per heavy atom. The lowest BCUT2D eigenvalue weighted by molar-refractivity contribution is 0.0806. The Bertz CT molecular complexity index is 573. The molecular weight excluding hydrogens is 248 g/mol. The zero-order valence-corrected chi connectivity index (χ0v) is 11.4. The molecule has 0 unspecified atom stereocenters. The van der Waals surface area contributed by atoms with E-state index >= 15 is 0 Å². The van der Waals surface area contributed by atoms with E-state index in [9.17, 15) is 9.90 Å². The summed E-state index contributed by atoms with van der Waals surface area (Å²) in [7, 11) is 0. The van der Waals surface area contributed by atoms with E-state index in [2.05, 4.69) is 0 Å². The van der Waals surface area contributed by atoms with Gasteiger partial charge >= 0.3 is 0 Å². The number of carbonyl (C=O) groups is 1. The van der Waals surface area contributed by atoms with Gasteiger partial charge in [0.1, 0.15) is 0 Å².